The maximum absolute atomic E-state index is 12.0. The molecule has 6 heteroatoms. The number of benzene rings is 2. The van der Waals surface area contributed by atoms with Crippen molar-refractivity contribution in [3.05, 3.63) is 64.2 Å². The quantitative estimate of drug-likeness (QED) is 0.754. The van der Waals surface area contributed by atoms with Crippen molar-refractivity contribution in [2.24, 2.45) is 0 Å². The van der Waals surface area contributed by atoms with Crippen LogP contribution >= 0.6 is 11.6 Å². The zero-order valence-electron chi connectivity index (χ0n) is 13.7. The number of aryl methyl sites for hydroxylation is 1. The van der Waals surface area contributed by atoms with Gasteiger partial charge in [-0.3, -0.25) is 9.59 Å². The summed E-state index contributed by atoms with van der Waals surface area (Å²) in [5.74, 6) is -0.364. The van der Waals surface area contributed by atoms with Crippen LogP contribution in [0.3, 0.4) is 0 Å². The molecule has 126 valence electrons. The van der Waals surface area contributed by atoms with Crippen LogP contribution in [0.5, 0.6) is 0 Å². The van der Waals surface area contributed by atoms with Crippen LogP contribution in [-0.4, -0.2) is 25.4 Å². The Kier molecular flexibility index (Phi) is 6.21. The fourth-order valence-electron chi connectivity index (χ4n) is 2.21. The Bertz CT molecular complexity index is 747. The number of hydrogen-bond acceptors (Lipinski definition) is 3. The maximum atomic E-state index is 12.0. The van der Waals surface area contributed by atoms with Crippen LogP contribution in [0.1, 0.15) is 21.5 Å². The summed E-state index contributed by atoms with van der Waals surface area (Å²) in [6.07, 6.45) is 0. The largest absolute Gasteiger partial charge is 0.375 e. The number of nitrogens with one attached hydrogen (secondary N) is 3. The van der Waals surface area contributed by atoms with E-state index in [1.807, 2.05) is 31.2 Å². The standard InChI is InChI=1S/C18H20ClN3O2/c1-12-4-3-5-13(8-12)10-22-17(23)11-21-16-9-14(18(24)20-2)6-7-15(16)19/h3-9,21H,10-11H2,1-2H3,(H,20,24)(H,22,23). The average Bonchev–Trinajstić information content (AvgIpc) is 2.58. The van der Waals surface area contributed by atoms with Crippen LogP contribution in [0, 0.1) is 6.92 Å². The van der Waals surface area contributed by atoms with Gasteiger partial charge in [0.2, 0.25) is 5.91 Å². The lowest BCUT2D eigenvalue weighted by atomic mass is 10.1. The Balaban J connectivity index is 1.90. The van der Waals surface area contributed by atoms with E-state index in [9.17, 15) is 9.59 Å². The van der Waals surface area contributed by atoms with E-state index >= 15 is 0 Å². The Labute approximate surface area is 146 Å². The van der Waals surface area contributed by atoms with Crippen molar-refractivity contribution in [3.63, 3.8) is 0 Å². The molecular weight excluding hydrogens is 326 g/mol. The van der Waals surface area contributed by atoms with Gasteiger partial charge in [-0.1, -0.05) is 41.4 Å². The fraction of sp³-hybridized carbons (Fsp3) is 0.222. The van der Waals surface area contributed by atoms with E-state index in [1.54, 1.807) is 25.2 Å². The summed E-state index contributed by atoms with van der Waals surface area (Å²) in [6.45, 7) is 2.55. The topological polar surface area (TPSA) is 70.2 Å². The molecule has 0 aliphatic carbocycles. The first-order chi connectivity index (χ1) is 11.5. The normalized spacial score (nSPS) is 10.1. The molecule has 24 heavy (non-hydrogen) atoms. The smallest absolute Gasteiger partial charge is 0.251 e. The van der Waals surface area contributed by atoms with E-state index in [0.29, 0.717) is 22.8 Å². The van der Waals surface area contributed by atoms with Gasteiger partial charge in [0.15, 0.2) is 0 Å². The molecule has 0 aromatic heterocycles. The Morgan fingerprint density at radius 1 is 1.12 bits per heavy atom. The third-order valence-corrected chi connectivity index (χ3v) is 3.80. The molecule has 2 amide bonds. The van der Waals surface area contributed by atoms with Gasteiger partial charge in [0.25, 0.3) is 5.91 Å². The van der Waals surface area contributed by atoms with E-state index < -0.39 is 0 Å². The van der Waals surface area contributed by atoms with Crippen molar-refractivity contribution in [2.75, 3.05) is 18.9 Å². The van der Waals surface area contributed by atoms with Gasteiger partial charge in [0.1, 0.15) is 0 Å². The molecule has 0 heterocycles. The van der Waals surface area contributed by atoms with Gasteiger partial charge in [-0.15, -0.1) is 0 Å². The van der Waals surface area contributed by atoms with Crippen molar-refractivity contribution in [3.8, 4) is 0 Å². The minimum atomic E-state index is -0.210. The highest BCUT2D eigenvalue weighted by molar-refractivity contribution is 6.33. The third-order valence-electron chi connectivity index (χ3n) is 3.47. The lowest BCUT2D eigenvalue weighted by molar-refractivity contribution is -0.119. The number of anilines is 1. The van der Waals surface area contributed by atoms with Crippen LogP contribution in [0.15, 0.2) is 42.5 Å². The molecule has 0 bridgehead atoms. The minimum Gasteiger partial charge on any atom is -0.375 e. The minimum absolute atomic E-state index is 0.0722. The van der Waals surface area contributed by atoms with Crippen LogP contribution in [-0.2, 0) is 11.3 Å². The lowest BCUT2D eigenvalue weighted by Gasteiger charge is -2.11. The molecule has 5 nitrogen and oxygen atoms in total. The Morgan fingerprint density at radius 2 is 1.92 bits per heavy atom. The molecule has 0 fully saturated rings. The third kappa shape index (κ3) is 4.99. The molecule has 0 aliphatic heterocycles. The van der Waals surface area contributed by atoms with Crippen LogP contribution in [0.4, 0.5) is 5.69 Å². The van der Waals surface area contributed by atoms with E-state index in [1.165, 1.54) is 0 Å². The van der Waals surface area contributed by atoms with Crippen molar-refractivity contribution in [1.29, 1.82) is 0 Å². The zero-order valence-corrected chi connectivity index (χ0v) is 14.4. The molecule has 0 unspecified atom stereocenters. The van der Waals surface area contributed by atoms with Crippen LogP contribution < -0.4 is 16.0 Å². The molecule has 0 spiro atoms. The molecule has 0 aliphatic rings. The van der Waals surface area contributed by atoms with Gasteiger partial charge in [0, 0.05) is 19.2 Å². The van der Waals surface area contributed by atoms with E-state index in [2.05, 4.69) is 16.0 Å². The molecule has 0 saturated carbocycles. The molecule has 0 radical (unpaired) electrons. The first-order valence-electron chi connectivity index (χ1n) is 7.57. The summed E-state index contributed by atoms with van der Waals surface area (Å²) >= 11 is 6.09. The second-order valence-electron chi connectivity index (χ2n) is 5.39. The van der Waals surface area contributed by atoms with Crippen LogP contribution in [0.2, 0.25) is 5.02 Å². The highest BCUT2D eigenvalue weighted by atomic mass is 35.5. The number of halogens is 1. The summed E-state index contributed by atoms with van der Waals surface area (Å²) in [4.78, 5) is 23.6. The lowest BCUT2D eigenvalue weighted by Crippen LogP contribution is -2.29. The van der Waals surface area contributed by atoms with Crippen molar-refractivity contribution >= 4 is 29.1 Å². The van der Waals surface area contributed by atoms with Gasteiger partial charge in [0.05, 0.1) is 17.3 Å². The molecule has 3 N–H and O–H groups in total. The van der Waals surface area contributed by atoms with Crippen LogP contribution in [0.25, 0.3) is 0 Å². The van der Waals surface area contributed by atoms with E-state index in [4.69, 9.17) is 11.6 Å². The summed E-state index contributed by atoms with van der Waals surface area (Å²) in [5.41, 5.74) is 3.22. The maximum Gasteiger partial charge on any atom is 0.251 e. The summed E-state index contributed by atoms with van der Waals surface area (Å²) in [7, 11) is 1.56. The molecule has 2 aromatic carbocycles. The predicted molar refractivity (Wildman–Crippen MR) is 96.4 cm³/mol. The number of carbonyl (C=O) groups is 2. The number of carbonyl (C=O) groups excluding carboxylic acids is 2. The summed E-state index contributed by atoms with van der Waals surface area (Å²) in [5, 5.41) is 8.80. The van der Waals surface area contributed by atoms with Gasteiger partial charge in [-0.05, 0) is 30.7 Å². The van der Waals surface area contributed by atoms with E-state index in [-0.39, 0.29) is 18.4 Å². The predicted octanol–water partition coefficient (Wildman–Crippen LogP) is 2.74. The van der Waals surface area contributed by atoms with Gasteiger partial charge < -0.3 is 16.0 Å². The second kappa shape index (κ2) is 8.36. The highest BCUT2D eigenvalue weighted by Crippen LogP contribution is 2.22. The van der Waals surface area contributed by atoms with E-state index in [0.717, 1.165) is 11.1 Å². The average molecular weight is 346 g/mol. The first kappa shape index (κ1) is 17.8. The summed E-state index contributed by atoms with van der Waals surface area (Å²) in [6, 6.07) is 12.8. The molecule has 2 rings (SSSR count). The SMILES string of the molecule is CNC(=O)c1ccc(Cl)c(NCC(=O)NCc2cccc(C)c2)c1. The summed E-state index contributed by atoms with van der Waals surface area (Å²) < 4.78 is 0. The number of rotatable bonds is 6. The zero-order chi connectivity index (χ0) is 17.5. The van der Waals surface area contributed by atoms with Gasteiger partial charge in [-0.25, -0.2) is 0 Å². The molecule has 0 atom stereocenters. The van der Waals surface area contributed by atoms with Crippen molar-refractivity contribution < 1.29 is 9.59 Å². The highest BCUT2D eigenvalue weighted by Gasteiger charge is 2.09. The van der Waals surface area contributed by atoms with Crippen molar-refractivity contribution in [2.45, 2.75) is 13.5 Å². The monoisotopic (exact) mass is 345 g/mol. The second-order valence-corrected chi connectivity index (χ2v) is 5.80. The molecule has 2 aromatic rings. The van der Waals surface area contributed by atoms with Gasteiger partial charge in [-0.2, -0.15) is 0 Å². The number of hydrogen-bond donors (Lipinski definition) is 3. The van der Waals surface area contributed by atoms with Crippen molar-refractivity contribution in [1.82, 2.24) is 10.6 Å². The Morgan fingerprint density at radius 3 is 2.62 bits per heavy atom. The molecule has 0 saturated heterocycles. The van der Waals surface area contributed by atoms with Gasteiger partial charge >= 0.3 is 0 Å². The Hall–Kier alpha value is -2.53. The number of amides is 2. The molecular formula is C18H20ClN3O2. The first-order valence-corrected chi connectivity index (χ1v) is 7.95. The fourth-order valence-corrected chi connectivity index (χ4v) is 2.39.